The number of hydrogen-bond acceptors (Lipinski definition) is 5. The van der Waals surface area contributed by atoms with Gasteiger partial charge in [0.25, 0.3) is 0 Å². The molecule has 1 saturated carbocycles. The highest BCUT2D eigenvalue weighted by Crippen LogP contribution is 2.44. The molecule has 1 aliphatic heterocycles. The lowest BCUT2D eigenvalue weighted by molar-refractivity contribution is -0.384. The van der Waals surface area contributed by atoms with Crippen molar-refractivity contribution in [3.05, 3.63) is 28.6 Å². The van der Waals surface area contributed by atoms with Crippen molar-refractivity contribution in [3.8, 4) is 0 Å². The highest BCUT2D eigenvalue weighted by molar-refractivity contribution is 5.86. The maximum atomic E-state index is 11.8. The van der Waals surface area contributed by atoms with Crippen LogP contribution in [-0.2, 0) is 4.79 Å². The minimum absolute atomic E-state index is 0.0602. The summed E-state index contributed by atoms with van der Waals surface area (Å²) in [5.41, 5.74) is 5.95. The number of carbonyl (C=O) groups is 1. The van der Waals surface area contributed by atoms with Gasteiger partial charge >= 0.3 is 5.69 Å². The van der Waals surface area contributed by atoms with Gasteiger partial charge in [-0.1, -0.05) is 12.8 Å². The summed E-state index contributed by atoms with van der Waals surface area (Å²) in [6.45, 7) is 0. The Balaban J connectivity index is 2.04. The summed E-state index contributed by atoms with van der Waals surface area (Å²) in [4.78, 5) is 28.3. The van der Waals surface area contributed by atoms with Gasteiger partial charge in [-0.25, -0.2) is 0 Å². The van der Waals surface area contributed by atoms with Crippen molar-refractivity contribution in [2.75, 3.05) is 4.90 Å². The van der Waals surface area contributed by atoms with Crippen LogP contribution in [0, 0.1) is 16.0 Å². The van der Waals surface area contributed by atoms with Crippen LogP contribution in [-0.4, -0.2) is 27.9 Å². The molecule has 1 saturated heterocycles. The van der Waals surface area contributed by atoms with E-state index < -0.39 is 16.9 Å². The predicted molar refractivity (Wildman–Crippen MR) is 76.7 cm³/mol. The highest BCUT2D eigenvalue weighted by Gasteiger charge is 2.46. The van der Waals surface area contributed by atoms with Gasteiger partial charge in [0, 0.05) is 12.2 Å². The van der Waals surface area contributed by atoms with E-state index in [0.29, 0.717) is 18.0 Å². The maximum Gasteiger partial charge on any atom is 0.310 e. The van der Waals surface area contributed by atoms with Crippen LogP contribution in [0.15, 0.2) is 18.5 Å². The van der Waals surface area contributed by atoms with E-state index in [9.17, 15) is 14.9 Å². The Labute approximate surface area is 122 Å². The van der Waals surface area contributed by atoms with Gasteiger partial charge in [0.1, 0.15) is 17.9 Å². The van der Waals surface area contributed by atoms with Crippen LogP contribution in [0.5, 0.6) is 0 Å². The zero-order chi connectivity index (χ0) is 15.0. The summed E-state index contributed by atoms with van der Waals surface area (Å²) < 4.78 is 0. The Hall–Kier alpha value is -2.18. The molecule has 3 atom stereocenters. The molecule has 2 heterocycles. The number of aromatic nitrogens is 1. The van der Waals surface area contributed by atoms with Crippen LogP contribution in [0.3, 0.4) is 0 Å². The van der Waals surface area contributed by atoms with Crippen LogP contribution in [0.4, 0.5) is 11.4 Å². The number of hydrogen-bond donors (Lipinski definition) is 1. The van der Waals surface area contributed by atoms with Gasteiger partial charge < -0.3 is 10.6 Å². The minimum atomic E-state index is -0.459. The molecule has 7 nitrogen and oxygen atoms in total. The fraction of sp³-hybridized carbons (Fsp3) is 0.571. The van der Waals surface area contributed by atoms with Crippen LogP contribution < -0.4 is 10.6 Å². The van der Waals surface area contributed by atoms with Gasteiger partial charge in [-0.2, -0.15) is 0 Å². The van der Waals surface area contributed by atoms with Crippen molar-refractivity contribution in [1.82, 2.24) is 4.98 Å². The van der Waals surface area contributed by atoms with Crippen molar-refractivity contribution in [3.63, 3.8) is 0 Å². The van der Waals surface area contributed by atoms with Gasteiger partial charge in [0.15, 0.2) is 0 Å². The van der Waals surface area contributed by atoms with Gasteiger partial charge in [0.2, 0.25) is 5.91 Å². The van der Waals surface area contributed by atoms with E-state index in [4.69, 9.17) is 5.73 Å². The SMILES string of the molecule is NC(=O)[C@@H]1C[C@H]2CCCC[C@H]2N1c1ccncc1[N+](=O)[O-]. The number of rotatable bonds is 3. The molecule has 1 amide bonds. The predicted octanol–water partition coefficient (Wildman–Crippen LogP) is 1.61. The van der Waals surface area contributed by atoms with Crippen molar-refractivity contribution in [1.29, 1.82) is 0 Å². The first-order valence-electron chi connectivity index (χ1n) is 7.25. The first kappa shape index (κ1) is 13.8. The molecule has 2 fully saturated rings. The molecule has 1 aromatic heterocycles. The summed E-state index contributed by atoms with van der Waals surface area (Å²) in [5.74, 6) is -0.0143. The number of primary amides is 1. The molecule has 21 heavy (non-hydrogen) atoms. The zero-order valence-corrected chi connectivity index (χ0v) is 11.6. The van der Waals surface area contributed by atoms with Crippen LogP contribution >= 0.6 is 0 Å². The standard InChI is InChI=1S/C14H18N4O3/c15-14(19)12-7-9-3-1-2-4-10(9)17(12)11-5-6-16-8-13(11)18(20)21/h5-6,8-10,12H,1-4,7H2,(H2,15,19)/t9-,10-,12+/m1/s1. The minimum Gasteiger partial charge on any atom is -0.368 e. The molecular formula is C14H18N4O3. The number of nitrogens with two attached hydrogens (primary N) is 1. The number of carbonyl (C=O) groups excluding carboxylic acids is 1. The molecular weight excluding hydrogens is 272 g/mol. The lowest BCUT2D eigenvalue weighted by Gasteiger charge is -2.34. The van der Waals surface area contributed by atoms with Crippen LogP contribution in [0.2, 0.25) is 0 Å². The Morgan fingerprint density at radius 3 is 2.90 bits per heavy atom. The van der Waals surface area contributed by atoms with E-state index >= 15 is 0 Å². The summed E-state index contributed by atoms with van der Waals surface area (Å²) in [5, 5.41) is 11.2. The third-order valence-corrected chi connectivity index (χ3v) is 4.67. The number of anilines is 1. The van der Waals surface area contributed by atoms with E-state index in [2.05, 4.69) is 4.98 Å². The van der Waals surface area contributed by atoms with E-state index in [0.717, 1.165) is 25.7 Å². The normalized spacial score (nSPS) is 28.2. The van der Waals surface area contributed by atoms with Crippen molar-refractivity contribution >= 4 is 17.3 Å². The van der Waals surface area contributed by atoms with Crippen LogP contribution in [0.25, 0.3) is 0 Å². The molecule has 3 rings (SSSR count). The Bertz CT molecular complexity index is 577. The van der Waals surface area contributed by atoms with Gasteiger partial charge in [-0.15, -0.1) is 0 Å². The summed E-state index contributed by atoms with van der Waals surface area (Å²) in [7, 11) is 0. The molecule has 0 radical (unpaired) electrons. The molecule has 1 aliphatic carbocycles. The Kier molecular flexibility index (Phi) is 3.48. The van der Waals surface area contributed by atoms with E-state index in [-0.39, 0.29) is 11.7 Å². The van der Waals surface area contributed by atoms with Crippen molar-refractivity contribution < 1.29 is 9.72 Å². The number of nitrogens with zero attached hydrogens (tertiary/aromatic N) is 3. The molecule has 2 aliphatic rings. The quantitative estimate of drug-likeness (QED) is 0.673. The van der Waals surface area contributed by atoms with Crippen LogP contribution in [0.1, 0.15) is 32.1 Å². The monoisotopic (exact) mass is 290 g/mol. The largest absolute Gasteiger partial charge is 0.368 e. The summed E-state index contributed by atoms with van der Waals surface area (Å²) in [6.07, 6.45) is 7.71. The maximum absolute atomic E-state index is 11.8. The lowest BCUT2D eigenvalue weighted by Crippen LogP contribution is -2.45. The molecule has 0 bridgehead atoms. The third kappa shape index (κ3) is 2.32. The molecule has 2 N–H and O–H groups in total. The number of pyridine rings is 1. The molecule has 0 unspecified atom stereocenters. The van der Waals surface area contributed by atoms with Crippen molar-refractivity contribution in [2.24, 2.45) is 11.7 Å². The number of fused-ring (bicyclic) bond motifs is 1. The second kappa shape index (κ2) is 5.31. The average Bonchev–Trinajstić information content (AvgIpc) is 2.86. The first-order valence-corrected chi connectivity index (χ1v) is 7.25. The first-order chi connectivity index (χ1) is 10.1. The van der Waals surface area contributed by atoms with Gasteiger partial charge in [-0.05, 0) is 31.2 Å². The number of nitro groups is 1. The third-order valence-electron chi connectivity index (χ3n) is 4.67. The van der Waals surface area contributed by atoms with Gasteiger partial charge in [-0.3, -0.25) is 19.9 Å². The second-order valence-electron chi connectivity index (χ2n) is 5.79. The second-order valence-corrected chi connectivity index (χ2v) is 5.79. The smallest absolute Gasteiger partial charge is 0.310 e. The molecule has 0 spiro atoms. The fourth-order valence-electron chi connectivity index (χ4n) is 3.80. The fourth-order valence-corrected chi connectivity index (χ4v) is 3.80. The zero-order valence-electron chi connectivity index (χ0n) is 11.6. The summed E-state index contributed by atoms with van der Waals surface area (Å²) >= 11 is 0. The van der Waals surface area contributed by atoms with E-state index in [1.165, 1.54) is 12.4 Å². The lowest BCUT2D eigenvalue weighted by atomic mass is 9.84. The van der Waals surface area contributed by atoms with Gasteiger partial charge in [0.05, 0.1) is 4.92 Å². The Morgan fingerprint density at radius 1 is 1.43 bits per heavy atom. The number of amides is 1. The van der Waals surface area contributed by atoms with E-state index in [1.54, 1.807) is 6.07 Å². The molecule has 0 aromatic carbocycles. The topological polar surface area (TPSA) is 102 Å². The molecule has 1 aromatic rings. The van der Waals surface area contributed by atoms with Crippen molar-refractivity contribution in [2.45, 2.75) is 44.2 Å². The molecule has 7 heteroatoms. The summed E-state index contributed by atoms with van der Waals surface area (Å²) in [6, 6.07) is 1.32. The Morgan fingerprint density at radius 2 is 2.19 bits per heavy atom. The average molecular weight is 290 g/mol. The highest BCUT2D eigenvalue weighted by atomic mass is 16.6. The molecule has 112 valence electrons. The van der Waals surface area contributed by atoms with E-state index in [1.807, 2.05) is 4.90 Å².